The van der Waals surface area contributed by atoms with E-state index in [-0.39, 0.29) is 34.0 Å². The number of benzene rings is 3. The van der Waals surface area contributed by atoms with Crippen molar-refractivity contribution in [3.63, 3.8) is 0 Å². The Labute approximate surface area is 231 Å². The Kier molecular flexibility index (Phi) is 5.42. The molecule has 208 valence electrons. The number of amidine groups is 2. The van der Waals surface area contributed by atoms with E-state index in [2.05, 4.69) is 36.3 Å². The first-order valence-corrected chi connectivity index (χ1v) is 13.0. The molecule has 1 aliphatic heterocycles. The van der Waals surface area contributed by atoms with Gasteiger partial charge in [-0.1, -0.05) is 24.2 Å². The average molecular weight is 545 g/mol. The van der Waals surface area contributed by atoms with Crippen molar-refractivity contribution in [2.75, 3.05) is 14.2 Å². The molecule has 0 spiro atoms. The van der Waals surface area contributed by atoms with Crippen LogP contribution in [0, 0.1) is 13.8 Å². The van der Waals surface area contributed by atoms with Gasteiger partial charge in [0.1, 0.15) is 0 Å². The summed E-state index contributed by atoms with van der Waals surface area (Å²) in [4.78, 5) is 0. The summed E-state index contributed by atoms with van der Waals surface area (Å²) in [6.45, 7) is 8.07. The van der Waals surface area contributed by atoms with Crippen molar-refractivity contribution in [1.82, 2.24) is 0 Å². The standard InChI is InChI=1S/C30H32N4O6/c1-13-14(2)24(28(32)34-36)26-25(23(13)27(31)33-35)39-21-11-17-18(12-22(21)40-26)30(4)8-7-29(17,3)15-9-19(37-5)20(38-6)10-16(15)30/h9-12,35-36H,7-8H2,1-6H3,(H2,31,33)(H2,32,34). The molecule has 2 bridgehead atoms. The van der Waals surface area contributed by atoms with Gasteiger partial charge < -0.3 is 40.8 Å². The monoisotopic (exact) mass is 544 g/mol. The summed E-state index contributed by atoms with van der Waals surface area (Å²) in [7, 11) is 3.29. The summed E-state index contributed by atoms with van der Waals surface area (Å²) in [6.07, 6.45) is 1.88. The molecule has 7 rings (SSSR count). The number of nitrogens with zero attached hydrogens (tertiary/aromatic N) is 2. The van der Waals surface area contributed by atoms with Crippen molar-refractivity contribution in [1.29, 1.82) is 0 Å². The Bertz CT molecular complexity index is 1560. The van der Waals surface area contributed by atoms with Crippen LogP contribution in [-0.2, 0) is 10.8 Å². The van der Waals surface area contributed by atoms with Crippen molar-refractivity contribution < 1.29 is 29.4 Å². The van der Waals surface area contributed by atoms with Crippen LogP contribution in [0.1, 0.15) is 71.2 Å². The third-order valence-electron chi connectivity index (χ3n) is 9.24. The molecule has 40 heavy (non-hydrogen) atoms. The van der Waals surface area contributed by atoms with E-state index in [1.165, 1.54) is 11.1 Å². The van der Waals surface area contributed by atoms with Gasteiger partial charge >= 0.3 is 0 Å². The second kappa shape index (κ2) is 8.45. The van der Waals surface area contributed by atoms with Crippen LogP contribution in [0.5, 0.6) is 34.5 Å². The number of methoxy groups -OCH3 is 2. The molecule has 0 fully saturated rings. The van der Waals surface area contributed by atoms with E-state index >= 15 is 0 Å². The lowest BCUT2D eigenvalue weighted by Crippen LogP contribution is -2.46. The molecule has 2 unspecified atom stereocenters. The summed E-state index contributed by atoms with van der Waals surface area (Å²) in [6, 6.07) is 8.23. The summed E-state index contributed by atoms with van der Waals surface area (Å²) in [5, 5.41) is 25.5. The predicted molar refractivity (Wildman–Crippen MR) is 149 cm³/mol. The van der Waals surface area contributed by atoms with Crippen molar-refractivity contribution in [3.05, 3.63) is 68.8 Å². The number of nitrogens with two attached hydrogens (primary N) is 2. The highest BCUT2D eigenvalue weighted by Crippen LogP contribution is 2.63. The normalized spacial score (nSPS) is 22.4. The van der Waals surface area contributed by atoms with E-state index in [0.717, 1.165) is 24.0 Å². The van der Waals surface area contributed by atoms with Gasteiger partial charge in [-0.15, -0.1) is 0 Å². The van der Waals surface area contributed by atoms with E-state index in [4.69, 9.17) is 30.4 Å². The highest BCUT2D eigenvalue weighted by atomic mass is 16.6. The van der Waals surface area contributed by atoms with E-state index in [1.54, 1.807) is 28.1 Å². The summed E-state index contributed by atoms with van der Waals surface area (Å²) >= 11 is 0. The number of rotatable bonds is 4. The van der Waals surface area contributed by atoms with Crippen molar-refractivity contribution in [3.8, 4) is 34.5 Å². The van der Waals surface area contributed by atoms with E-state index < -0.39 is 0 Å². The zero-order valence-electron chi connectivity index (χ0n) is 23.3. The van der Waals surface area contributed by atoms with Crippen LogP contribution in [0.25, 0.3) is 0 Å². The van der Waals surface area contributed by atoms with E-state index in [1.807, 2.05) is 12.1 Å². The molecule has 0 radical (unpaired) electrons. The molecule has 0 saturated heterocycles. The van der Waals surface area contributed by atoms with Crippen molar-refractivity contribution in [2.24, 2.45) is 21.8 Å². The number of fused-ring (bicyclic) bond motifs is 3. The van der Waals surface area contributed by atoms with Crippen LogP contribution in [0.3, 0.4) is 0 Å². The SMILES string of the molecule is COc1cc2c(cc1OC)C1(C)CCC2(C)c2cc3c(cc21)Oc1c(c(/C(N)=N/O)c(C)c(C)c1/C(N)=N/O)O3. The van der Waals surface area contributed by atoms with Gasteiger partial charge in [0, 0.05) is 10.8 Å². The maximum Gasteiger partial charge on any atom is 0.182 e. The molecule has 10 heteroatoms. The van der Waals surface area contributed by atoms with Crippen LogP contribution >= 0.6 is 0 Å². The van der Waals surface area contributed by atoms with Crippen LogP contribution in [0.2, 0.25) is 0 Å². The van der Waals surface area contributed by atoms with Gasteiger partial charge in [-0.3, -0.25) is 0 Å². The Morgan fingerprint density at radius 1 is 0.725 bits per heavy atom. The zero-order valence-corrected chi connectivity index (χ0v) is 23.3. The van der Waals surface area contributed by atoms with Gasteiger partial charge in [-0.2, -0.15) is 0 Å². The Balaban J connectivity index is 1.60. The molecule has 4 aliphatic rings. The molecule has 1 heterocycles. The quantitative estimate of drug-likeness (QED) is 0.119. The second-order valence-corrected chi connectivity index (χ2v) is 11.1. The fourth-order valence-corrected chi connectivity index (χ4v) is 6.83. The van der Waals surface area contributed by atoms with Crippen LogP contribution < -0.4 is 30.4 Å². The van der Waals surface area contributed by atoms with Gasteiger partial charge in [-0.25, -0.2) is 0 Å². The molecule has 3 aromatic rings. The fourth-order valence-electron chi connectivity index (χ4n) is 6.83. The molecule has 0 saturated carbocycles. The predicted octanol–water partition coefficient (Wildman–Crippen LogP) is 5.13. The van der Waals surface area contributed by atoms with Gasteiger partial charge in [-0.05, 0) is 84.3 Å². The van der Waals surface area contributed by atoms with E-state index in [0.29, 0.717) is 45.3 Å². The third-order valence-corrected chi connectivity index (χ3v) is 9.24. The molecule has 3 aliphatic carbocycles. The maximum absolute atomic E-state index is 9.55. The zero-order chi connectivity index (χ0) is 28.7. The largest absolute Gasteiger partial charge is 0.493 e. The molecule has 2 atom stereocenters. The topological polar surface area (TPSA) is 154 Å². The first-order chi connectivity index (χ1) is 19.0. The first kappa shape index (κ1) is 25.7. The van der Waals surface area contributed by atoms with E-state index in [9.17, 15) is 10.4 Å². The minimum atomic E-state index is -0.308. The molecule has 0 amide bonds. The molecule has 6 N–H and O–H groups in total. The molecule has 10 nitrogen and oxygen atoms in total. The average Bonchev–Trinajstić information content (AvgIpc) is 2.96. The van der Waals surface area contributed by atoms with Crippen molar-refractivity contribution >= 4 is 11.7 Å². The van der Waals surface area contributed by atoms with Crippen LogP contribution in [0.15, 0.2) is 34.6 Å². The lowest BCUT2D eigenvalue weighted by atomic mass is 9.50. The maximum atomic E-state index is 9.55. The molecule has 3 aromatic carbocycles. The number of hydrogen-bond donors (Lipinski definition) is 4. The Morgan fingerprint density at radius 2 is 1.07 bits per heavy atom. The first-order valence-electron chi connectivity index (χ1n) is 13.0. The minimum Gasteiger partial charge on any atom is -0.493 e. The summed E-state index contributed by atoms with van der Waals surface area (Å²) in [5.41, 5.74) is 18.3. The highest BCUT2D eigenvalue weighted by molar-refractivity contribution is 6.08. The summed E-state index contributed by atoms with van der Waals surface area (Å²) < 4.78 is 24.3. The lowest BCUT2D eigenvalue weighted by Gasteiger charge is -2.53. The Hall–Kier alpha value is -4.60. The number of oxime groups is 2. The minimum absolute atomic E-state index is 0.138. The van der Waals surface area contributed by atoms with Gasteiger partial charge in [0.2, 0.25) is 0 Å². The second-order valence-electron chi connectivity index (χ2n) is 11.1. The van der Waals surface area contributed by atoms with Crippen LogP contribution in [-0.4, -0.2) is 36.3 Å². The molecular formula is C30H32N4O6. The number of hydrogen-bond acceptors (Lipinski definition) is 8. The third kappa shape index (κ3) is 3.10. The van der Waals surface area contributed by atoms with Crippen molar-refractivity contribution in [2.45, 2.75) is 51.4 Å². The fraction of sp³-hybridized carbons (Fsp3) is 0.333. The summed E-state index contributed by atoms with van der Waals surface area (Å²) in [5.74, 6) is 2.56. The number of ether oxygens (including phenoxy) is 4. The molecule has 0 aromatic heterocycles. The van der Waals surface area contributed by atoms with Gasteiger partial charge in [0.15, 0.2) is 46.2 Å². The van der Waals surface area contributed by atoms with Gasteiger partial charge in [0.05, 0.1) is 25.3 Å². The smallest absolute Gasteiger partial charge is 0.182 e. The van der Waals surface area contributed by atoms with Crippen LogP contribution in [0.4, 0.5) is 0 Å². The highest BCUT2D eigenvalue weighted by Gasteiger charge is 2.53. The van der Waals surface area contributed by atoms with Gasteiger partial charge in [0.25, 0.3) is 0 Å². The lowest BCUT2D eigenvalue weighted by molar-refractivity contribution is 0.306. The Morgan fingerprint density at radius 3 is 1.40 bits per heavy atom. The molecular weight excluding hydrogens is 512 g/mol.